The highest BCUT2D eigenvalue weighted by Gasteiger charge is 2.47. The lowest BCUT2D eigenvalue weighted by atomic mass is 9.85. The Morgan fingerprint density at radius 2 is 1.83 bits per heavy atom. The van der Waals surface area contributed by atoms with Crippen LogP contribution in [0.3, 0.4) is 0 Å². The van der Waals surface area contributed by atoms with Crippen molar-refractivity contribution in [2.24, 2.45) is 11.8 Å². The van der Waals surface area contributed by atoms with Gasteiger partial charge in [0.15, 0.2) is 0 Å². The summed E-state index contributed by atoms with van der Waals surface area (Å²) in [6.45, 7) is 1.66. The van der Waals surface area contributed by atoms with Gasteiger partial charge in [-0.2, -0.15) is 0 Å². The fraction of sp³-hybridized carbons (Fsp3) is 0.353. The van der Waals surface area contributed by atoms with Gasteiger partial charge in [-0.15, -0.1) is 0 Å². The number of nitrogens with one attached hydrogen (secondary N) is 1. The predicted octanol–water partition coefficient (Wildman–Crippen LogP) is 2.65. The van der Waals surface area contributed by atoms with E-state index >= 15 is 0 Å². The number of imide groups is 1. The molecular formula is C17H17BrN2O3. The van der Waals surface area contributed by atoms with Crippen LogP contribution in [0.1, 0.15) is 18.4 Å². The maximum Gasteiger partial charge on any atom is 0.244 e. The molecule has 6 heteroatoms. The number of halogens is 1. The third kappa shape index (κ3) is 3.08. The Balaban J connectivity index is 1.68. The van der Waals surface area contributed by atoms with Gasteiger partial charge in [-0.3, -0.25) is 19.3 Å². The molecule has 1 aliphatic carbocycles. The number of hydrogen-bond acceptors (Lipinski definition) is 3. The molecule has 3 rings (SSSR count). The molecule has 1 fully saturated rings. The molecule has 0 aromatic heterocycles. The lowest BCUT2D eigenvalue weighted by Crippen LogP contribution is -2.38. The summed E-state index contributed by atoms with van der Waals surface area (Å²) in [5.74, 6) is -1.41. The van der Waals surface area contributed by atoms with Crippen LogP contribution in [0, 0.1) is 18.8 Å². The summed E-state index contributed by atoms with van der Waals surface area (Å²) < 4.78 is 0.925. The third-order valence-electron chi connectivity index (χ3n) is 4.36. The van der Waals surface area contributed by atoms with Crippen LogP contribution in [0.15, 0.2) is 34.8 Å². The van der Waals surface area contributed by atoms with Crippen LogP contribution in [0.5, 0.6) is 0 Å². The zero-order chi connectivity index (χ0) is 16.6. The van der Waals surface area contributed by atoms with Crippen molar-refractivity contribution in [1.29, 1.82) is 0 Å². The summed E-state index contributed by atoms with van der Waals surface area (Å²) in [4.78, 5) is 38.0. The Kier molecular flexibility index (Phi) is 4.35. The minimum atomic E-state index is -0.358. The number of likely N-dealkylation sites (tertiary alicyclic amines) is 1. The van der Waals surface area contributed by atoms with Gasteiger partial charge in [-0.25, -0.2) is 0 Å². The minimum absolute atomic E-state index is 0.222. The Labute approximate surface area is 142 Å². The van der Waals surface area contributed by atoms with Gasteiger partial charge in [-0.1, -0.05) is 28.1 Å². The van der Waals surface area contributed by atoms with E-state index in [4.69, 9.17) is 0 Å². The van der Waals surface area contributed by atoms with Crippen molar-refractivity contribution >= 4 is 39.3 Å². The molecule has 0 radical (unpaired) electrons. The highest BCUT2D eigenvalue weighted by Crippen LogP contribution is 2.34. The first kappa shape index (κ1) is 15.9. The molecule has 0 bridgehead atoms. The zero-order valence-electron chi connectivity index (χ0n) is 12.7. The van der Waals surface area contributed by atoms with E-state index in [-0.39, 0.29) is 36.1 Å². The topological polar surface area (TPSA) is 66.5 Å². The molecule has 2 atom stereocenters. The average molecular weight is 377 g/mol. The van der Waals surface area contributed by atoms with Crippen molar-refractivity contribution in [2.75, 3.05) is 11.9 Å². The van der Waals surface area contributed by atoms with Crippen LogP contribution in [0.2, 0.25) is 0 Å². The summed E-state index contributed by atoms with van der Waals surface area (Å²) in [6, 6.07) is 5.51. The van der Waals surface area contributed by atoms with Gasteiger partial charge in [0.05, 0.1) is 11.8 Å². The van der Waals surface area contributed by atoms with Gasteiger partial charge in [0.1, 0.15) is 6.54 Å². The minimum Gasteiger partial charge on any atom is -0.324 e. The average Bonchev–Trinajstić information content (AvgIpc) is 2.76. The lowest BCUT2D eigenvalue weighted by Gasteiger charge is -2.15. The van der Waals surface area contributed by atoms with Gasteiger partial charge < -0.3 is 5.32 Å². The highest BCUT2D eigenvalue weighted by molar-refractivity contribution is 9.10. The van der Waals surface area contributed by atoms with Crippen molar-refractivity contribution in [2.45, 2.75) is 19.8 Å². The Morgan fingerprint density at radius 1 is 1.22 bits per heavy atom. The highest BCUT2D eigenvalue weighted by atomic mass is 79.9. The number of fused-ring (bicyclic) bond motifs is 1. The van der Waals surface area contributed by atoms with Crippen LogP contribution in [-0.2, 0) is 14.4 Å². The van der Waals surface area contributed by atoms with Crippen molar-refractivity contribution in [3.8, 4) is 0 Å². The fourth-order valence-corrected chi connectivity index (χ4v) is 3.60. The van der Waals surface area contributed by atoms with Crippen molar-refractivity contribution < 1.29 is 14.4 Å². The first-order chi connectivity index (χ1) is 11.0. The molecule has 120 valence electrons. The van der Waals surface area contributed by atoms with Gasteiger partial charge >= 0.3 is 0 Å². The third-order valence-corrected chi connectivity index (χ3v) is 4.86. The summed E-state index contributed by atoms with van der Waals surface area (Å²) >= 11 is 3.37. The van der Waals surface area contributed by atoms with E-state index in [1.807, 2.05) is 31.2 Å². The number of rotatable bonds is 3. The van der Waals surface area contributed by atoms with Crippen LogP contribution < -0.4 is 5.32 Å². The van der Waals surface area contributed by atoms with Gasteiger partial charge in [-0.05, 0) is 43.5 Å². The molecular weight excluding hydrogens is 360 g/mol. The van der Waals surface area contributed by atoms with Gasteiger partial charge in [0, 0.05) is 10.2 Å². The Hall–Kier alpha value is -1.95. The van der Waals surface area contributed by atoms with E-state index in [0.29, 0.717) is 18.5 Å². The molecule has 23 heavy (non-hydrogen) atoms. The quantitative estimate of drug-likeness (QED) is 0.651. The lowest BCUT2D eigenvalue weighted by molar-refractivity contribution is -0.142. The molecule has 1 N–H and O–H groups in total. The van der Waals surface area contributed by atoms with Crippen LogP contribution >= 0.6 is 15.9 Å². The number of carbonyl (C=O) groups is 3. The number of benzene rings is 1. The number of aryl methyl sites for hydroxylation is 1. The maximum atomic E-state index is 12.3. The summed E-state index contributed by atoms with van der Waals surface area (Å²) in [6.07, 6.45) is 5.03. The molecule has 1 heterocycles. The van der Waals surface area contributed by atoms with Crippen LogP contribution in [0.25, 0.3) is 0 Å². The second kappa shape index (κ2) is 6.28. The second-order valence-electron chi connectivity index (χ2n) is 5.93. The van der Waals surface area contributed by atoms with Crippen molar-refractivity contribution in [1.82, 2.24) is 4.90 Å². The standard InChI is InChI=1S/C17H17BrN2O3/c1-10-8-11(18)6-7-14(10)19-15(21)9-20-16(22)12-4-2-3-5-13(12)17(20)23/h2-3,6-8,12-13H,4-5,9H2,1H3,(H,19,21)/t12-,13-/m1/s1. The number of allylic oxidation sites excluding steroid dienone is 2. The first-order valence-electron chi connectivity index (χ1n) is 7.53. The fourth-order valence-electron chi connectivity index (χ4n) is 3.13. The van der Waals surface area contributed by atoms with Crippen molar-refractivity contribution in [3.05, 3.63) is 40.4 Å². The largest absolute Gasteiger partial charge is 0.324 e. The summed E-state index contributed by atoms with van der Waals surface area (Å²) in [7, 11) is 0. The zero-order valence-corrected chi connectivity index (χ0v) is 14.3. The first-order valence-corrected chi connectivity index (χ1v) is 8.33. The monoisotopic (exact) mass is 376 g/mol. The van der Waals surface area contributed by atoms with Gasteiger partial charge in [0.2, 0.25) is 17.7 Å². The molecule has 1 aliphatic heterocycles. The molecule has 3 amide bonds. The van der Waals surface area contributed by atoms with E-state index in [1.54, 1.807) is 6.07 Å². The second-order valence-corrected chi connectivity index (χ2v) is 6.84. The smallest absolute Gasteiger partial charge is 0.244 e. The molecule has 1 aromatic rings. The molecule has 5 nitrogen and oxygen atoms in total. The normalized spacial score (nSPS) is 23.1. The number of anilines is 1. The van der Waals surface area contributed by atoms with E-state index in [2.05, 4.69) is 21.2 Å². The number of amides is 3. The Bertz CT molecular complexity index is 688. The van der Waals surface area contributed by atoms with E-state index in [9.17, 15) is 14.4 Å². The number of nitrogens with zero attached hydrogens (tertiary/aromatic N) is 1. The van der Waals surface area contributed by atoms with E-state index < -0.39 is 0 Å². The van der Waals surface area contributed by atoms with E-state index in [0.717, 1.165) is 14.9 Å². The molecule has 1 aromatic carbocycles. The van der Waals surface area contributed by atoms with Crippen molar-refractivity contribution in [3.63, 3.8) is 0 Å². The molecule has 0 unspecified atom stereocenters. The SMILES string of the molecule is Cc1cc(Br)ccc1NC(=O)CN1C(=O)[C@@H]2CC=CC[C@H]2C1=O. The molecule has 2 aliphatic rings. The molecule has 0 spiro atoms. The predicted molar refractivity (Wildman–Crippen MR) is 89.6 cm³/mol. The van der Waals surface area contributed by atoms with E-state index in [1.165, 1.54) is 0 Å². The number of hydrogen-bond donors (Lipinski definition) is 1. The molecule has 0 saturated carbocycles. The molecule has 1 saturated heterocycles. The van der Waals surface area contributed by atoms with Crippen LogP contribution in [-0.4, -0.2) is 29.2 Å². The summed E-state index contributed by atoms with van der Waals surface area (Å²) in [5.41, 5.74) is 1.58. The van der Waals surface area contributed by atoms with Crippen LogP contribution in [0.4, 0.5) is 5.69 Å². The maximum absolute atomic E-state index is 12.3. The Morgan fingerprint density at radius 3 is 2.39 bits per heavy atom. The van der Waals surface area contributed by atoms with Gasteiger partial charge in [0.25, 0.3) is 0 Å². The summed E-state index contributed by atoms with van der Waals surface area (Å²) in [5, 5.41) is 2.77. The number of carbonyl (C=O) groups excluding carboxylic acids is 3.